The number of aromatic nitrogens is 4. The number of benzene rings is 2. The van der Waals surface area contributed by atoms with Crippen LogP contribution in [-0.4, -0.2) is 43.8 Å². The van der Waals surface area contributed by atoms with E-state index in [-0.39, 0.29) is 5.91 Å². The maximum absolute atomic E-state index is 13.1. The van der Waals surface area contributed by atoms with Crippen LogP contribution in [0.15, 0.2) is 54.9 Å². The van der Waals surface area contributed by atoms with Crippen LogP contribution in [-0.2, 0) is 0 Å². The van der Waals surface area contributed by atoms with Crippen LogP contribution in [0, 0.1) is 0 Å². The molecule has 1 fully saturated rings. The molecule has 1 amide bonds. The molecule has 5 aromatic rings. The van der Waals surface area contributed by atoms with E-state index in [1.165, 1.54) is 12.8 Å². The Kier molecular flexibility index (Phi) is 4.23. The van der Waals surface area contributed by atoms with Gasteiger partial charge in [0, 0.05) is 41.8 Å². The van der Waals surface area contributed by atoms with Gasteiger partial charge in [0.25, 0.3) is 5.91 Å². The fraction of sp³-hybridized carbons (Fsp3) is 0.240. The highest BCUT2D eigenvalue weighted by atomic mass is 16.2. The Morgan fingerprint density at radius 1 is 0.710 bits per heavy atom. The molecule has 0 unspecified atom stereocenters. The molecular weight excluding hydrogens is 386 g/mol. The molecule has 0 atom stereocenters. The average molecular weight is 407 g/mol. The lowest BCUT2D eigenvalue weighted by Gasteiger charge is -2.20. The molecule has 1 aliphatic rings. The zero-order valence-corrected chi connectivity index (χ0v) is 17.1. The quantitative estimate of drug-likeness (QED) is 0.292. The van der Waals surface area contributed by atoms with Crippen molar-refractivity contribution in [3.05, 3.63) is 60.4 Å². The van der Waals surface area contributed by atoms with Crippen molar-refractivity contribution in [2.75, 3.05) is 13.1 Å². The lowest BCUT2D eigenvalue weighted by molar-refractivity contribution is 0.0762. The molecule has 4 heterocycles. The highest BCUT2D eigenvalue weighted by molar-refractivity contribution is 6.21. The summed E-state index contributed by atoms with van der Waals surface area (Å²) in [6, 6.07) is 13.5. The first-order valence-corrected chi connectivity index (χ1v) is 10.8. The summed E-state index contributed by atoms with van der Waals surface area (Å²) < 4.78 is 0. The zero-order valence-electron chi connectivity index (χ0n) is 17.1. The molecule has 2 aromatic carbocycles. The third-order valence-electron chi connectivity index (χ3n) is 6.15. The van der Waals surface area contributed by atoms with Gasteiger partial charge in [0.05, 0.1) is 33.1 Å². The predicted molar refractivity (Wildman–Crippen MR) is 122 cm³/mol. The molecule has 0 N–H and O–H groups in total. The van der Waals surface area contributed by atoms with Crippen LogP contribution >= 0.6 is 0 Å². The van der Waals surface area contributed by atoms with Crippen molar-refractivity contribution >= 4 is 49.8 Å². The van der Waals surface area contributed by atoms with E-state index in [0.29, 0.717) is 5.56 Å². The summed E-state index contributed by atoms with van der Waals surface area (Å²) >= 11 is 0. The lowest BCUT2D eigenvalue weighted by atomic mass is 10.1. The second kappa shape index (κ2) is 7.23. The van der Waals surface area contributed by atoms with E-state index in [1.807, 2.05) is 47.4 Å². The van der Waals surface area contributed by atoms with Crippen LogP contribution in [0.25, 0.3) is 43.9 Å². The maximum atomic E-state index is 13.1. The van der Waals surface area contributed by atoms with Gasteiger partial charge in [-0.15, -0.1) is 0 Å². The summed E-state index contributed by atoms with van der Waals surface area (Å²) in [5.41, 5.74) is 5.41. The number of amides is 1. The van der Waals surface area contributed by atoms with E-state index in [0.717, 1.165) is 69.8 Å². The van der Waals surface area contributed by atoms with Crippen LogP contribution in [0.2, 0.25) is 0 Å². The first-order chi connectivity index (χ1) is 15.3. The third-order valence-corrected chi connectivity index (χ3v) is 6.15. The Hall–Kier alpha value is -3.67. The fourth-order valence-electron chi connectivity index (χ4n) is 4.59. The summed E-state index contributed by atoms with van der Waals surface area (Å²) in [4.78, 5) is 34.1. The highest BCUT2D eigenvalue weighted by Gasteiger charge is 2.19. The molecule has 1 aliphatic heterocycles. The van der Waals surface area contributed by atoms with Crippen molar-refractivity contribution in [2.45, 2.75) is 25.7 Å². The number of pyridine rings is 2. The van der Waals surface area contributed by atoms with Crippen LogP contribution in [0.4, 0.5) is 0 Å². The van der Waals surface area contributed by atoms with Gasteiger partial charge in [0.2, 0.25) is 0 Å². The van der Waals surface area contributed by atoms with Gasteiger partial charge < -0.3 is 4.90 Å². The molecule has 6 nitrogen and oxygen atoms in total. The van der Waals surface area contributed by atoms with E-state index in [9.17, 15) is 4.79 Å². The molecule has 152 valence electrons. The maximum Gasteiger partial charge on any atom is 0.253 e. The van der Waals surface area contributed by atoms with Gasteiger partial charge in [-0.1, -0.05) is 12.8 Å². The van der Waals surface area contributed by atoms with Crippen LogP contribution in [0.3, 0.4) is 0 Å². The molecule has 3 aromatic heterocycles. The molecule has 0 saturated carbocycles. The average Bonchev–Trinajstić information content (AvgIpc) is 3.12. The molecule has 0 spiro atoms. The number of nitrogens with zero attached hydrogens (tertiary/aromatic N) is 5. The topological polar surface area (TPSA) is 71.9 Å². The fourth-order valence-corrected chi connectivity index (χ4v) is 4.59. The number of hydrogen-bond acceptors (Lipinski definition) is 5. The van der Waals surface area contributed by atoms with Gasteiger partial charge in [-0.2, -0.15) is 0 Å². The molecule has 6 rings (SSSR count). The van der Waals surface area contributed by atoms with Gasteiger partial charge in [0.15, 0.2) is 0 Å². The van der Waals surface area contributed by atoms with E-state index < -0.39 is 0 Å². The Morgan fingerprint density at radius 3 is 1.97 bits per heavy atom. The summed E-state index contributed by atoms with van der Waals surface area (Å²) in [5, 5.41) is 1.85. The van der Waals surface area contributed by atoms with E-state index in [4.69, 9.17) is 9.97 Å². The van der Waals surface area contributed by atoms with Crippen molar-refractivity contribution in [3.63, 3.8) is 0 Å². The van der Waals surface area contributed by atoms with Gasteiger partial charge in [-0.05, 0) is 55.3 Å². The smallest absolute Gasteiger partial charge is 0.253 e. The Labute approximate surface area is 179 Å². The Balaban J connectivity index is 1.57. The number of likely N-dealkylation sites (tertiary alicyclic amines) is 1. The molecular formula is C25H21N5O. The molecule has 1 saturated heterocycles. The van der Waals surface area contributed by atoms with Gasteiger partial charge >= 0.3 is 0 Å². The lowest BCUT2D eigenvalue weighted by Crippen LogP contribution is -2.31. The number of fused-ring (bicyclic) bond motifs is 7. The monoisotopic (exact) mass is 407 g/mol. The van der Waals surface area contributed by atoms with Gasteiger partial charge in [0.1, 0.15) is 0 Å². The first kappa shape index (κ1) is 18.1. The summed E-state index contributed by atoms with van der Waals surface area (Å²) in [5.74, 6) is 0.0833. The largest absolute Gasteiger partial charge is 0.339 e. The van der Waals surface area contributed by atoms with E-state index in [1.54, 1.807) is 12.4 Å². The number of rotatable bonds is 1. The SMILES string of the molecule is O=C(c1ccc2nc3c4cccnc4c4ncccc4c3nc2c1)N1CCCCCC1. The molecule has 0 radical (unpaired) electrons. The Bertz CT molecular complexity index is 1470. The van der Waals surface area contributed by atoms with Crippen molar-refractivity contribution < 1.29 is 4.79 Å². The molecule has 0 bridgehead atoms. The van der Waals surface area contributed by atoms with Crippen LogP contribution in [0.5, 0.6) is 0 Å². The normalized spacial score (nSPS) is 15.0. The van der Waals surface area contributed by atoms with E-state index >= 15 is 0 Å². The molecule has 6 heteroatoms. The zero-order chi connectivity index (χ0) is 20.8. The number of hydrogen-bond donors (Lipinski definition) is 0. The highest BCUT2D eigenvalue weighted by Crippen LogP contribution is 2.32. The molecule has 0 aliphatic carbocycles. The van der Waals surface area contributed by atoms with Gasteiger partial charge in [-0.3, -0.25) is 14.8 Å². The standard InChI is InChI=1S/C25H21N5O/c31-25(30-13-3-1-2-4-14-30)16-9-10-19-20(15-16)29-24-18-8-6-12-27-22(18)21-17(23(24)28-19)7-5-11-26-21/h5-12,15H,1-4,13-14H2. The minimum absolute atomic E-state index is 0.0833. The van der Waals surface area contributed by atoms with Gasteiger partial charge in [-0.25, -0.2) is 9.97 Å². The summed E-state index contributed by atoms with van der Waals surface area (Å²) in [6.45, 7) is 1.66. The van der Waals surface area contributed by atoms with Crippen LogP contribution < -0.4 is 0 Å². The van der Waals surface area contributed by atoms with Crippen molar-refractivity contribution in [3.8, 4) is 0 Å². The second-order valence-electron chi connectivity index (χ2n) is 8.13. The first-order valence-electron chi connectivity index (χ1n) is 10.8. The van der Waals surface area contributed by atoms with Crippen molar-refractivity contribution in [2.24, 2.45) is 0 Å². The van der Waals surface area contributed by atoms with Crippen LogP contribution in [0.1, 0.15) is 36.0 Å². The predicted octanol–water partition coefficient (Wildman–Crippen LogP) is 4.90. The van der Waals surface area contributed by atoms with Crippen molar-refractivity contribution in [1.29, 1.82) is 0 Å². The Morgan fingerprint density at radius 2 is 1.32 bits per heavy atom. The van der Waals surface area contributed by atoms with Crippen molar-refractivity contribution in [1.82, 2.24) is 24.8 Å². The molecule has 31 heavy (non-hydrogen) atoms. The second-order valence-corrected chi connectivity index (χ2v) is 8.13. The minimum Gasteiger partial charge on any atom is -0.339 e. The number of carbonyl (C=O) groups excluding carboxylic acids is 1. The third kappa shape index (κ3) is 2.98. The summed E-state index contributed by atoms with van der Waals surface area (Å²) in [7, 11) is 0. The summed E-state index contributed by atoms with van der Waals surface area (Å²) in [6.07, 6.45) is 8.09. The van der Waals surface area contributed by atoms with E-state index in [2.05, 4.69) is 9.97 Å². The number of carbonyl (C=O) groups is 1. The minimum atomic E-state index is 0.0833.